The number of nitrogens with zero attached hydrogens (tertiary/aromatic N) is 4. The van der Waals surface area contributed by atoms with Crippen LogP contribution in [0, 0.1) is 11.3 Å². The lowest BCUT2D eigenvalue weighted by Gasteiger charge is -2.36. The third-order valence-corrected chi connectivity index (χ3v) is 5.66. The van der Waals surface area contributed by atoms with Crippen molar-refractivity contribution in [3.05, 3.63) is 71.3 Å². The zero-order chi connectivity index (χ0) is 20.1. The van der Waals surface area contributed by atoms with Gasteiger partial charge >= 0.3 is 0 Å². The van der Waals surface area contributed by atoms with Gasteiger partial charge in [-0.2, -0.15) is 5.26 Å². The number of morpholine rings is 1. The first kappa shape index (κ1) is 19.4. The summed E-state index contributed by atoms with van der Waals surface area (Å²) in [5.74, 6) is 0.880. The van der Waals surface area contributed by atoms with E-state index in [9.17, 15) is 0 Å². The van der Waals surface area contributed by atoms with E-state index in [1.807, 2.05) is 31.3 Å². The fourth-order valence-corrected chi connectivity index (χ4v) is 4.21. The van der Waals surface area contributed by atoms with Crippen molar-refractivity contribution in [1.82, 2.24) is 15.1 Å². The summed E-state index contributed by atoms with van der Waals surface area (Å²) in [5, 5.41) is 12.5. The number of benzene rings is 2. The molecule has 0 bridgehead atoms. The molecular formula is C23H27N5O. The smallest absolute Gasteiger partial charge is 0.194 e. The molecule has 0 saturated carbocycles. The molecule has 150 valence electrons. The van der Waals surface area contributed by atoms with Gasteiger partial charge in [-0.25, -0.2) is 0 Å². The first-order valence-electron chi connectivity index (χ1n) is 10.1. The van der Waals surface area contributed by atoms with E-state index in [0.717, 1.165) is 44.3 Å². The number of aliphatic imine (C=N–C) groups is 1. The van der Waals surface area contributed by atoms with Gasteiger partial charge < -0.3 is 15.0 Å². The third kappa shape index (κ3) is 4.58. The molecule has 4 rings (SSSR count). The van der Waals surface area contributed by atoms with Gasteiger partial charge in [0, 0.05) is 39.8 Å². The van der Waals surface area contributed by atoms with Gasteiger partial charge in [-0.3, -0.25) is 9.89 Å². The Morgan fingerprint density at radius 3 is 2.79 bits per heavy atom. The van der Waals surface area contributed by atoms with Crippen LogP contribution >= 0.6 is 0 Å². The van der Waals surface area contributed by atoms with Gasteiger partial charge in [0.15, 0.2) is 5.96 Å². The van der Waals surface area contributed by atoms with Gasteiger partial charge in [0.1, 0.15) is 0 Å². The number of nitrogens with one attached hydrogen (secondary N) is 1. The molecule has 0 spiro atoms. The van der Waals surface area contributed by atoms with Gasteiger partial charge in [-0.1, -0.05) is 42.5 Å². The Kier molecular flexibility index (Phi) is 6.09. The van der Waals surface area contributed by atoms with E-state index in [2.05, 4.69) is 56.5 Å². The maximum atomic E-state index is 9.09. The van der Waals surface area contributed by atoms with E-state index in [-0.39, 0.29) is 6.10 Å². The van der Waals surface area contributed by atoms with Crippen LogP contribution in [-0.2, 0) is 17.8 Å². The Hall–Kier alpha value is -2.88. The van der Waals surface area contributed by atoms with Crippen LogP contribution in [-0.4, -0.2) is 61.2 Å². The van der Waals surface area contributed by atoms with Gasteiger partial charge in [-0.05, 0) is 23.3 Å². The molecule has 2 heterocycles. The van der Waals surface area contributed by atoms with Crippen LogP contribution < -0.4 is 5.32 Å². The first-order valence-corrected chi connectivity index (χ1v) is 10.1. The van der Waals surface area contributed by atoms with Crippen LogP contribution in [0.3, 0.4) is 0 Å². The molecule has 2 aliphatic rings. The van der Waals surface area contributed by atoms with Crippen LogP contribution in [0.2, 0.25) is 0 Å². The molecule has 1 N–H and O–H groups in total. The largest absolute Gasteiger partial charge is 0.373 e. The van der Waals surface area contributed by atoms with E-state index in [1.54, 1.807) is 0 Å². The molecule has 6 nitrogen and oxygen atoms in total. The Bertz CT molecular complexity index is 892. The highest BCUT2D eigenvalue weighted by atomic mass is 16.5. The number of fused-ring (bicyclic) bond motifs is 1. The minimum absolute atomic E-state index is 0.202. The van der Waals surface area contributed by atoms with Crippen molar-refractivity contribution in [3.8, 4) is 6.07 Å². The average Bonchev–Trinajstić information content (AvgIpc) is 3.20. The Balaban J connectivity index is 1.39. The van der Waals surface area contributed by atoms with Gasteiger partial charge in [0.25, 0.3) is 0 Å². The maximum absolute atomic E-state index is 9.09. The minimum Gasteiger partial charge on any atom is -0.373 e. The second-order valence-corrected chi connectivity index (χ2v) is 7.55. The lowest BCUT2D eigenvalue weighted by molar-refractivity contribution is -0.0502. The fourth-order valence-electron chi connectivity index (χ4n) is 4.21. The van der Waals surface area contributed by atoms with Crippen LogP contribution in [0.15, 0.2) is 59.6 Å². The molecule has 2 saturated heterocycles. The molecular weight excluding hydrogens is 362 g/mol. The highest BCUT2D eigenvalue weighted by molar-refractivity contribution is 5.80. The van der Waals surface area contributed by atoms with E-state index in [1.165, 1.54) is 5.56 Å². The zero-order valence-corrected chi connectivity index (χ0v) is 16.8. The van der Waals surface area contributed by atoms with Crippen LogP contribution in [0.5, 0.6) is 0 Å². The summed E-state index contributed by atoms with van der Waals surface area (Å²) in [7, 11) is 1.82. The van der Waals surface area contributed by atoms with Gasteiger partial charge in [-0.15, -0.1) is 0 Å². The predicted molar refractivity (Wildman–Crippen MR) is 113 cm³/mol. The van der Waals surface area contributed by atoms with Crippen molar-refractivity contribution < 1.29 is 4.74 Å². The highest BCUT2D eigenvalue weighted by Gasteiger charge is 2.41. The number of ether oxygens (including phenoxy) is 1. The number of rotatable bonds is 4. The van der Waals surface area contributed by atoms with Gasteiger partial charge in [0.05, 0.1) is 30.4 Å². The summed E-state index contributed by atoms with van der Waals surface area (Å²) >= 11 is 0. The second-order valence-electron chi connectivity index (χ2n) is 7.55. The number of nitriles is 1. The Labute approximate surface area is 172 Å². The van der Waals surface area contributed by atoms with Crippen molar-refractivity contribution in [1.29, 1.82) is 5.26 Å². The number of hydrogen-bond donors (Lipinski definition) is 1. The molecule has 2 aromatic carbocycles. The lowest BCUT2D eigenvalue weighted by Crippen LogP contribution is -2.50. The number of guanidine groups is 1. The summed E-state index contributed by atoms with van der Waals surface area (Å²) in [4.78, 5) is 9.31. The van der Waals surface area contributed by atoms with Crippen molar-refractivity contribution in [3.63, 3.8) is 0 Å². The zero-order valence-electron chi connectivity index (χ0n) is 16.8. The molecule has 0 aliphatic carbocycles. The number of hydrogen-bond acceptors (Lipinski definition) is 4. The molecule has 6 heteroatoms. The lowest BCUT2D eigenvalue weighted by atomic mass is 10.1. The maximum Gasteiger partial charge on any atom is 0.194 e. The molecule has 2 fully saturated rings. The summed E-state index contributed by atoms with van der Waals surface area (Å²) in [5.41, 5.74) is 3.09. The molecule has 2 atom stereocenters. The molecule has 2 unspecified atom stereocenters. The third-order valence-electron chi connectivity index (χ3n) is 5.66. The van der Waals surface area contributed by atoms with E-state index in [0.29, 0.717) is 18.2 Å². The van der Waals surface area contributed by atoms with Crippen LogP contribution in [0.1, 0.15) is 16.7 Å². The topological polar surface area (TPSA) is 63.9 Å². The van der Waals surface area contributed by atoms with E-state index < -0.39 is 0 Å². The normalized spacial score (nSPS) is 22.2. The minimum atomic E-state index is 0.202. The highest BCUT2D eigenvalue weighted by Crippen LogP contribution is 2.24. The quantitative estimate of drug-likeness (QED) is 0.642. The summed E-state index contributed by atoms with van der Waals surface area (Å²) in [6.07, 6.45) is 0.202. The Morgan fingerprint density at radius 2 is 2.00 bits per heavy atom. The second kappa shape index (κ2) is 9.08. The summed E-state index contributed by atoms with van der Waals surface area (Å²) < 4.78 is 6.09. The SMILES string of the molecule is CN=C(NCc1cccc(C#N)c1)N1CC2OCCN(Cc3ccccc3)C2C1. The summed E-state index contributed by atoms with van der Waals surface area (Å²) in [6, 6.07) is 20.9. The van der Waals surface area contributed by atoms with E-state index in [4.69, 9.17) is 10.00 Å². The van der Waals surface area contributed by atoms with Gasteiger partial charge in [0.2, 0.25) is 0 Å². The summed E-state index contributed by atoms with van der Waals surface area (Å²) in [6.45, 7) is 5.06. The first-order chi connectivity index (χ1) is 14.3. The molecule has 0 radical (unpaired) electrons. The molecule has 2 aliphatic heterocycles. The van der Waals surface area contributed by atoms with Crippen molar-refractivity contribution in [2.45, 2.75) is 25.2 Å². The number of likely N-dealkylation sites (tertiary alicyclic amines) is 1. The molecule has 0 aromatic heterocycles. The van der Waals surface area contributed by atoms with E-state index >= 15 is 0 Å². The fraction of sp³-hybridized carbons (Fsp3) is 0.391. The molecule has 0 amide bonds. The Morgan fingerprint density at radius 1 is 1.17 bits per heavy atom. The van der Waals surface area contributed by atoms with Crippen molar-refractivity contribution in [2.24, 2.45) is 4.99 Å². The van der Waals surface area contributed by atoms with Crippen LogP contribution in [0.25, 0.3) is 0 Å². The van der Waals surface area contributed by atoms with Crippen molar-refractivity contribution >= 4 is 5.96 Å². The van der Waals surface area contributed by atoms with Crippen LogP contribution in [0.4, 0.5) is 0 Å². The average molecular weight is 390 g/mol. The molecule has 2 aromatic rings. The van der Waals surface area contributed by atoms with Crippen molar-refractivity contribution in [2.75, 3.05) is 33.3 Å². The predicted octanol–water partition coefficient (Wildman–Crippen LogP) is 2.22. The molecule has 29 heavy (non-hydrogen) atoms. The standard InChI is InChI=1S/C23H27N5O/c1-25-23(26-14-20-9-5-8-19(12-20)13-24)28-16-21-22(17-28)29-11-10-27(21)15-18-6-3-2-4-7-18/h2-9,12,21-22H,10-11,14-17H2,1H3,(H,25,26). The monoisotopic (exact) mass is 389 g/mol.